The Hall–Kier alpha value is -2.37. The van der Waals surface area contributed by atoms with Crippen LogP contribution in [-0.4, -0.2) is 24.1 Å². The molecule has 3 N–H and O–H groups in total. The van der Waals surface area contributed by atoms with Crippen molar-refractivity contribution in [3.8, 4) is 28.5 Å². The van der Waals surface area contributed by atoms with Crippen LogP contribution in [0.1, 0.15) is 0 Å². The predicted molar refractivity (Wildman–Crippen MR) is 61.1 cm³/mol. The minimum Gasteiger partial charge on any atom is -0.497 e. The van der Waals surface area contributed by atoms with Crippen molar-refractivity contribution in [2.24, 2.45) is 0 Å². The van der Waals surface area contributed by atoms with Gasteiger partial charge in [0, 0.05) is 17.7 Å². The Bertz CT molecular complexity index is 565. The third-order valence-electron chi connectivity index (χ3n) is 2.57. The second-order valence-corrected chi connectivity index (χ2v) is 3.62. The first-order valence-corrected chi connectivity index (χ1v) is 5.07. The summed E-state index contributed by atoms with van der Waals surface area (Å²) in [6.45, 7) is 0.207. The van der Waals surface area contributed by atoms with Gasteiger partial charge < -0.3 is 19.9 Å². The molecule has 0 saturated heterocycles. The summed E-state index contributed by atoms with van der Waals surface area (Å²) in [5.41, 5.74) is 7.17. The molecule has 0 unspecified atom stereocenters. The Morgan fingerprint density at radius 2 is 2.24 bits per heavy atom. The lowest BCUT2D eigenvalue weighted by Gasteiger charge is -2.06. The number of H-pyrrole nitrogens is 1. The molecule has 0 bridgehead atoms. The number of ether oxygens (including phenoxy) is 3. The average Bonchev–Trinajstić information content (AvgIpc) is 2.95. The lowest BCUT2D eigenvalue weighted by Crippen LogP contribution is -1.93. The van der Waals surface area contributed by atoms with E-state index >= 15 is 0 Å². The number of rotatable bonds is 2. The van der Waals surface area contributed by atoms with Crippen LogP contribution in [0.25, 0.3) is 11.3 Å². The van der Waals surface area contributed by atoms with Crippen molar-refractivity contribution in [3.05, 3.63) is 18.2 Å². The molecule has 6 heteroatoms. The number of nitrogens with zero attached hydrogens (tertiary/aromatic N) is 1. The highest BCUT2D eigenvalue weighted by atomic mass is 16.7. The molecule has 2 heterocycles. The van der Waals surface area contributed by atoms with Crippen molar-refractivity contribution >= 4 is 5.82 Å². The molecule has 6 nitrogen and oxygen atoms in total. The van der Waals surface area contributed by atoms with Crippen LogP contribution in [0.3, 0.4) is 0 Å². The molecular weight excluding hydrogens is 222 g/mol. The summed E-state index contributed by atoms with van der Waals surface area (Å²) in [4.78, 5) is 0. The standard InChI is InChI=1S/C11H11N3O3/c1-15-6-2-7(8-4-10(12)14-13-8)11-9(3-6)16-5-17-11/h2-4H,5H2,1H3,(H3,12,13,14). The van der Waals surface area contributed by atoms with Crippen molar-refractivity contribution in [1.29, 1.82) is 0 Å². The van der Waals surface area contributed by atoms with E-state index < -0.39 is 0 Å². The number of aromatic amines is 1. The summed E-state index contributed by atoms with van der Waals surface area (Å²) in [5.74, 6) is 2.45. The highest BCUT2D eigenvalue weighted by Crippen LogP contribution is 2.44. The molecule has 2 aromatic rings. The fourth-order valence-corrected chi connectivity index (χ4v) is 1.78. The number of methoxy groups -OCH3 is 1. The summed E-state index contributed by atoms with van der Waals surface area (Å²) in [6, 6.07) is 5.36. The van der Waals surface area contributed by atoms with Gasteiger partial charge in [0.25, 0.3) is 0 Å². The SMILES string of the molecule is COc1cc2c(c(-c3cc(N)n[nH]3)c1)OCO2. The van der Waals surface area contributed by atoms with Gasteiger partial charge in [0.15, 0.2) is 11.5 Å². The van der Waals surface area contributed by atoms with E-state index in [9.17, 15) is 0 Å². The fourth-order valence-electron chi connectivity index (χ4n) is 1.78. The van der Waals surface area contributed by atoms with E-state index in [0.717, 1.165) is 11.3 Å². The molecule has 1 aliphatic heterocycles. The second kappa shape index (κ2) is 3.58. The Morgan fingerprint density at radius 3 is 2.94 bits per heavy atom. The summed E-state index contributed by atoms with van der Waals surface area (Å²) < 4.78 is 16.0. The molecule has 0 spiro atoms. The first kappa shape index (κ1) is 9.83. The van der Waals surface area contributed by atoms with E-state index in [0.29, 0.717) is 23.1 Å². The Kier molecular flexibility index (Phi) is 2.07. The topological polar surface area (TPSA) is 82.4 Å². The van der Waals surface area contributed by atoms with Crippen LogP contribution in [0.2, 0.25) is 0 Å². The quantitative estimate of drug-likeness (QED) is 0.819. The molecule has 0 amide bonds. The predicted octanol–water partition coefficient (Wildman–Crippen LogP) is 1.40. The minimum atomic E-state index is 0.207. The van der Waals surface area contributed by atoms with Gasteiger partial charge in [-0.15, -0.1) is 0 Å². The van der Waals surface area contributed by atoms with Gasteiger partial charge in [0.05, 0.1) is 12.8 Å². The number of benzene rings is 1. The molecule has 0 fully saturated rings. The average molecular weight is 233 g/mol. The number of fused-ring (bicyclic) bond motifs is 1. The van der Waals surface area contributed by atoms with Gasteiger partial charge in [-0.1, -0.05) is 0 Å². The zero-order chi connectivity index (χ0) is 11.8. The van der Waals surface area contributed by atoms with Crippen molar-refractivity contribution < 1.29 is 14.2 Å². The maximum absolute atomic E-state index is 5.59. The number of hydrogen-bond donors (Lipinski definition) is 2. The lowest BCUT2D eigenvalue weighted by atomic mass is 10.1. The van der Waals surface area contributed by atoms with E-state index in [1.54, 1.807) is 19.2 Å². The van der Waals surface area contributed by atoms with Crippen LogP contribution < -0.4 is 19.9 Å². The first-order valence-electron chi connectivity index (χ1n) is 5.07. The number of nitrogens with one attached hydrogen (secondary N) is 1. The zero-order valence-electron chi connectivity index (χ0n) is 9.19. The van der Waals surface area contributed by atoms with Crippen molar-refractivity contribution in [3.63, 3.8) is 0 Å². The normalized spacial score (nSPS) is 12.8. The van der Waals surface area contributed by atoms with E-state index in [1.807, 2.05) is 6.07 Å². The molecule has 1 aromatic heterocycles. The van der Waals surface area contributed by atoms with Gasteiger partial charge in [0.2, 0.25) is 6.79 Å². The van der Waals surface area contributed by atoms with Crippen LogP contribution in [0.15, 0.2) is 18.2 Å². The maximum atomic E-state index is 5.59. The smallest absolute Gasteiger partial charge is 0.231 e. The van der Waals surface area contributed by atoms with Gasteiger partial charge in [-0.3, -0.25) is 5.10 Å². The Morgan fingerprint density at radius 1 is 1.35 bits per heavy atom. The molecule has 17 heavy (non-hydrogen) atoms. The molecule has 0 atom stereocenters. The van der Waals surface area contributed by atoms with Gasteiger partial charge in [-0.2, -0.15) is 5.10 Å². The maximum Gasteiger partial charge on any atom is 0.231 e. The largest absolute Gasteiger partial charge is 0.497 e. The molecule has 0 radical (unpaired) electrons. The van der Waals surface area contributed by atoms with Gasteiger partial charge >= 0.3 is 0 Å². The molecule has 3 rings (SSSR count). The third kappa shape index (κ3) is 1.54. The van der Waals surface area contributed by atoms with E-state index in [2.05, 4.69) is 10.2 Å². The van der Waals surface area contributed by atoms with Gasteiger partial charge in [-0.25, -0.2) is 0 Å². The molecule has 0 aliphatic carbocycles. The van der Waals surface area contributed by atoms with Crippen LogP contribution in [-0.2, 0) is 0 Å². The molecule has 1 aromatic carbocycles. The second-order valence-electron chi connectivity index (χ2n) is 3.62. The fraction of sp³-hybridized carbons (Fsp3) is 0.182. The Labute approximate surface area is 97.3 Å². The van der Waals surface area contributed by atoms with Gasteiger partial charge in [0.1, 0.15) is 11.6 Å². The molecule has 88 valence electrons. The van der Waals surface area contributed by atoms with Crippen LogP contribution in [0.4, 0.5) is 5.82 Å². The monoisotopic (exact) mass is 233 g/mol. The van der Waals surface area contributed by atoms with Crippen molar-refractivity contribution in [1.82, 2.24) is 10.2 Å². The third-order valence-corrected chi connectivity index (χ3v) is 2.57. The summed E-state index contributed by atoms with van der Waals surface area (Å²) in [7, 11) is 1.60. The first-order chi connectivity index (χ1) is 8.28. The highest BCUT2D eigenvalue weighted by molar-refractivity contribution is 5.75. The number of nitrogens with two attached hydrogens (primary N) is 1. The number of nitrogen functional groups attached to an aromatic ring is 1. The zero-order valence-corrected chi connectivity index (χ0v) is 9.19. The minimum absolute atomic E-state index is 0.207. The Balaban J connectivity index is 2.18. The number of aromatic nitrogens is 2. The summed E-state index contributed by atoms with van der Waals surface area (Å²) >= 11 is 0. The molecule has 1 aliphatic rings. The van der Waals surface area contributed by atoms with Crippen LogP contribution in [0, 0.1) is 0 Å². The van der Waals surface area contributed by atoms with E-state index in [1.165, 1.54) is 0 Å². The highest BCUT2D eigenvalue weighted by Gasteiger charge is 2.21. The number of hydrogen-bond acceptors (Lipinski definition) is 5. The molecule has 0 saturated carbocycles. The summed E-state index contributed by atoms with van der Waals surface area (Å²) in [5, 5.41) is 6.73. The number of anilines is 1. The van der Waals surface area contributed by atoms with Crippen LogP contribution in [0.5, 0.6) is 17.2 Å². The van der Waals surface area contributed by atoms with Crippen molar-refractivity contribution in [2.75, 3.05) is 19.6 Å². The molecular formula is C11H11N3O3. The van der Waals surface area contributed by atoms with Crippen molar-refractivity contribution in [2.45, 2.75) is 0 Å². The van der Waals surface area contributed by atoms with E-state index in [-0.39, 0.29) is 6.79 Å². The van der Waals surface area contributed by atoms with Gasteiger partial charge in [-0.05, 0) is 6.07 Å². The summed E-state index contributed by atoms with van der Waals surface area (Å²) in [6.07, 6.45) is 0. The van der Waals surface area contributed by atoms with E-state index in [4.69, 9.17) is 19.9 Å². The van der Waals surface area contributed by atoms with Crippen LogP contribution >= 0.6 is 0 Å². The lowest BCUT2D eigenvalue weighted by molar-refractivity contribution is 0.174.